The molecule has 3 atom stereocenters. The van der Waals surface area contributed by atoms with Crippen LogP contribution in [0, 0.1) is 11.8 Å². The summed E-state index contributed by atoms with van der Waals surface area (Å²) in [5.74, 6) is -3.12. The van der Waals surface area contributed by atoms with E-state index in [2.05, 4.69) is 4.74 Å². The lowest BCUT2D eigenvalue weighted by Crippen LogP contribution is -2.37. The van der Waals surface area contributed by atoms with Crippen molar-refractivity contribution in [3.05, 3.63) is 11.8 Å². The van der Waals surface area contributed by atoms with Gasteiger partial charge in [-0.3, -0.25) is 4.79 Å². The van der Waals surface area contributed by atoms with Gasteiger partial charge in [-0.25, -0.2) is 4.79 Å². The summed E-state index contributed by atoms with van der Waals surface area (Å²) in [6.45, 7) is 1.65. The molecule has 0 bridgehead atoms. The van der Waals surface area contributed by atoms with E-state index in [1.165, 1.54) is 7.11 Å². The Kier molecular flexibility index (Phi) is 4.25. The standard InChI is InChI=1S/C11H14O6/c1-6-8(4-12)7(3-10(13)16-2)9(5-17-6)11(14)15/h4-8H,3H2,1-2H3,(H,14,15). The highest BCUT2D eigenvalue weighted by Gasteiger charge is 2.38. The second-order valence-electron chi connectivity index (χ2n) is 3.82. The second-order valence-corrected chi connectivity index (χ2v) is 3.82. The molecule has 0 aromatic carbocycles. The van der Waals surface area contributed by atoms with Gasteiger partial charge in [-0.1, -0.05) is 0 Å². The highest BCUT2D eigenvalue weighted by atomic mass is 16.5. The van der Waals surface area contributed by atoms with Crippen LogP contribution in [0.4, 0.5) is 0 Å². The molecule has 1 heterocycles. The summed E-state index contributed by atoms with van der Waals surface area (Å²) in [6, 6.07) is 0. The van der Waals surface area contributed by atoms with Crippen molar-refractivity contribution >= 4 is 18.2 Å². The quantitative estimate of drug-likeness (QED) is 0.565. The Morgan fingerprint density at radius 1 is 1.59 bits per heavy atom. The minimum atomic E-state index is -1.20. The Balaban J connectivity index is 2.99. The van der Waals surface area contributed by atoms with Gasteiger partial charge < -0.3 is 19.4 Å². The van der Waals surface area contributed by atoms with Crippen LogP contribution in [0.3, 0.4) is 0 Å². The van der Waals surface area contributed by atoms with Gasteiger partial charge in [0.1, 0.15) is 12.4 Å². The van der Waals surface area contributed by atoms with E-state index in [0.29, 0.717) is 6.29 Å². The lowest BCUT2D eigenvalue weighted by Gasteiger charge is -2.31. The zero-order valence-corrected chi connectivity index (χ0v) is 9.58. The minimum Gasteiger partial charge on any atom is -0.497 e. The van der Waals surface area contributed by atoms with Crippen LogP contribution in [0.25, 0.3) is 0 Å². The molecular weight excluding hydrogens is 228 g/mol. The molecule has 6 nitrogen and oxygen atoms in total. The third-order valence-corrected chi connectivity index (χ3v) is 2.83. The molecule has 94 valence electrons. The summed E-state index contributed by atoms with van der Waals surface area (Å²) in [4.78, 5) is 33.2. The van der Waals surface area contributed by atoms with E-state index < -0.39 is 29.9 Å². The van der Waals surface area contributed by atoms with Crippen molar-refractivity contribution in [2.24, 2.45) is 11.8 Å². The molecule has 3 unspecified atom stereocenters. The molecule has 0 radical (unpaired) electrons. The fraction of sp³-hybridized carbons (Fsp3) is 0.545. The number of aldehydes is 1. The molecule has 0 amide bonds. The van der Waals surface area contributed by atoms with Crippen molar-refractivity contribution in [2.45, 2.75) is 19.4 Å². The van der Waals surface area contributed by atoms with Crippen molar-refractivity contribution in [1.29, 1.82) is 0 Å². The monoisotopic (exact) mass is 242 g/mol. The van der Waals surface area contributed by atoms with E-state index in [4.69, 9.17) is 9.84 Å². The molecule has 6 heteroatoms. The Hall–Kier alpha value is -1.85. The predicted molar refractivity (Wildman–Crippen MR) is 55.9 cm³/mol. The predicted octanol–water partition coefficient (Wildman–Crippen LogP) is 0.368. The Morgan fingerprint density at radius 3 is 2.71 bits per heavy atom. The molecule has 0 aromatic heterocycles. The number of hydrogen-bond donors (Lipinski definition) is 1. The number of ether oxygens (including phenoxy) is 2. The summed E-state index contributed by atoms with van der Waals surface area (Å²) in [5, 5.41) is 8.98. The average molecular weight is 242 g/mol. The summed E-state index contributed by atoms with van der Waals surface area (Å²) in [7, 11) is 1.21. The highest BCUT2D eigenvalue weighted by molar-refractivity contribution is 5.89. The van der Waals surface area contributed by atoms with Crippen LogP contribution in [-0.2, 0) is 23.9 Å². The van der Waals surface area contributed by atoms with Gasteiger partial charge in [0.15, 0.2) is 0 Å². The molecular formula is C11H14O6. The molecule has 1 aliphatic rings. The van der Waals surface area contributed by atoms with Crippen LogP contribution in [-0.4, -0.2) is 36.5 Å². The third kappa shape index (κ3) is 2.83. The Morgan fingerprint density at radius 2 is 2.24 bits per heavy atom. The summed E-state index contributed by atoms with van der Waals surface area (Å²) in [5.41, 5.74) is -0.0781. The molecule has 0 saturated carbocycles. The van der Waals surface area contributed by atoms with E-state index >= 15 is 0 Å². The topological polar surface area (TPSA) is 89.9 Å². The van der Waals surface area contributed by atoms with Crippen LogP contribution in [0.1, 0.15) is 13.3 Å². The lowest BCUT2D eigenvalue weighted by molar-refractivity contribution is -0.143. The number of esters is 1. The van der Waals surface area contributed by atoms with E-state index in [1.807, 2.05) is 0 Å². The van der Waals surface area contributed by atoms with Gasteiger partial charge in [0, 0.05) is 5.92 Å². The fourth-order valence-electron chi connectivity index (χ4n) is 1.82. The van der Waals surface area contributed by atoms with Crippen LogP contribution < -0.4 is 0 Å². The Bertz CT molecular complexity index is 359. The normalized spacial score (nSPS) is 27.6. The fourth-order valence-corrected chi connectivity index (χ4v) is 1.82. The second kappa shape index (κ2) is 5.47. The van der Waals surface area contributed by atoms with Gasteiger partial charge in [-0.2, -0.15) is 0 Å². The van der Waals surface area contributed by atoms with Crippen LogP contribution in [0.15, 0.2) is 11.8 Å². The van der Waals surface area contributed by atoms with Crippen molar-refractivity contribution < 1.29 is 29.0 Å². The largest absolute Gasteiger partial charge is 0.497 e. The summed E-state index contributed by atoms with van der Waals surface area (Å²) < 4.78 is 9.57. The molecule has 0 aromatic rings. The molecule has 17 heavy (non-hydrogen) atoms. The molecule has 0 aliphatic carbocycles. The average Bonchev–Trinajstić information content (AvgIpc) is 2.28. The maximum absolute atomic E-state index is 11.2. The number of carboxylic acid groups (broad SMARTS) is 1. The van der Waals surface area contributed by atoms with E-state index in [9.17, 15) is 14.4 Å². The van der Waals surface area contributed by atoms with Gasteiger partial charge in [-0.05, 0) is 6.92 Å². The minimum absolute atomic E-state index is 0.0781. The van der Waals surface area contributed by atoms with E-state index in [-0.39, 0.29) is 12.0 Å². The first-order valence-electron chi connectivity index (χ1n) is 5.12. The summed E-state index contributed by atoms with van der Waals surface area (Å²) in [6.07, 6.45) is 1.12. The number of methoxy groups -OCH3 is 1. The smallest absolute Gasteiger partial charge is 0.335 e. The first kappa shape index (κ1) is 13.2. The number of carboxylic acids is 1. The van der Waals surface area contributed by atoms with Crippen LogP contribution in [0.2, 0.25) is 0 Å². The first-order chi connectivity index (χ1) is 8.01. The highest BCUT2D eigenvalue weighted by Crippen LogP contribution is 2.32. The van der Waals surface area contributed by atoms with Crippen LogP contribution in [0.5, 0.6) is 0 Å². The summed E-state index contributed by atoms with van der Waals surface area (Å²) >= 11 is 0. The number of rotatable bonds is 4. The van der Waals surface area contributed by atoms with Gasteiger partial charge >= 0.3 is 11.9 Å². The molecule has 1 aliphatic heterocycles. The number of carbonyl (C=O) groups excluding carboxylic acids is 2. The first-order valence-corrected chi connectivity index (χ1v) is 5.12. The van der Waals surface area contributed by atoms with Crippen LogP contribution >= 0.6 is 0 Å². The van der Waals surface area contributed by atoms with Crippen molar-refractivity contribution in [3.8, 4) is 0 Å². The SMILES string of the molecule is COC(=O)CC1C(C(=O)O)=COC(C)C1C=O. The van der Waals surface area contributed by atoms with Crippen molar-refractivity contribution in [2.75, 3.05) is 7.11 Å². The zero-order valence-electron chi connectivity index (χ0n) is 9.58. The van der Waals surface area contributed by atoms with Gasteiger partial charge in [0.2, 0.25) is 0 Å². The molecule has 1 rings (SSSR count). The van der Waals surface area contributed by atoms with E-state index in [0.717, 1.165) is 6.26 Å². The van der Waals surface area contributed by atoms with E-state index in [1.54, 1.807) is 6.92 Å². The molecule has 0 fully saturated rings. The Labute approximate surface area is 98.2 Å². The van der Waals surface area contributed by atoms with Crippen molar-refractivity contribution in [1.82, 2.24) is 0 Å². The zero-order chi connectivity index (χ0) is 13.0. The molecule has 0 saturated heterocycles. The van der Waals surface area contributed by atoms with Gasteiger partial charge in [0.25, 0.3) is 0 Å². The van der Waals surface area contributed by atoms with Crippen molar-refractivity contribution in [3.63, 3.8) is 0 Å². The number of aliphatic carboxylic acids is 1. The number of carbonyl (C=O) groups is 3. The number of hydrogen-bond acceptors (Lipinski definition) is 5. The third-order valence-electron chi connectivity index (χ3n) is 2.83. The maximum atomic E-state index is 11.2. The molecule has 0 spiro atoms. The molecule has 1 N–H and O–H groups in total. The van der Waals surface area contributed by atoms with Gasteiger partial charge in [0.05, 0.1) is 31.3 Å². The lowest BCUT2D eigenvalue weighted by atomic mass is 9.80. The maximum Gasteiger partial charge on any atom is 0.335 e. The van der Waals surface area contributed by atoms with Gasteiger partial charge in [-0.15, -0.1) is 0 Å².